The topological polar surface area (TPSA) is 12.0 Å². The molecule has 0 aliphatic heterocycles. The number of rotatable bonds is 4. The number of hydrogen-bond donors (Lipinski definition) is 1. The summed E-state index contributed by atoms with van der Waals surface area (Å²) in [5.41, 5.74) is 5.33. The molecule has 0 heterocycles. The smallest absolute Gasteiger partial charge is 0.0308 e. The zero-order valence-electron chi connectivity index (χ0n) is 12.6. The molecule has 2 aromatic rings. The number of nitrogens with one attached hydrogen (secondary N) is 1. The van der Waals surface area contributed by atoms with Gasteiger partial charge in [0.2, 0.25) is 0 Å². The average molecular weight is 332 g/mol. The molecule has 1 N–H and O–H groups in total. The van der Waals surface area contributed by atoms with Crippen molar-refractivity contribution in [3.05, 3.63) is 69.2 Å². The molecule has 2 atom stereocenters. The van der Waals surface area contributed by atoms with Crippen molar-refractivity contribution in [1.29, 1.82) is 0 Å². The van der Waals surface area contributed by atoms with Crippen molar-refractivity contribution in [3.8, 4) is 0 Å². The second kappa shape index (κ2) is 6.55. The minimum Gasteiger partial charge on any atom is -0.304 e. The van der Waals surface area contributed by atoms with Crippen molar-refractivity contribution in [1.82, 2.24) is 5.32 Å². The summed E-state index contributed by atoms with van der Waals surface area (Å²) in [7, 11) is 0. The predicted molar refractivity (Wildman–Crippen MR) is 90.0 cm³/mol. The van der Waals surface area contributed by atoms with Crippen LogP contribution in [0, 0.1) is 13.8 Å². The van der Waals surface area contributed by atoms with E-state index in [0.29, 0.717) is 12.1 Å². The van der Waals surface area contributed by atoms with Crippen LogP contribution in [0.3, 0.4) is 0 Å². The van der Waals surface area contributed by atoms with Gasteiger partial charge in [0.05, 0.1) is 0 Å². The van der Waals surface area contributed by atoms with Crippen LogP contribution in [0.1, 0.15) is 48.2 Å². The summed E-state index contributed by atoms with van der Waals surface area (Å²) in [4.78, 5) is 0. The average Bonchev–Trinajstić information content (AvgIpc) is 2.41. The van der Waals surface area contributed by atoms with Crippen LogP contribution in [-0.2, 0) is 0 Å². The van der Waals surface area contributed by atoms with Gasteiger partial charge in [0.1, 0.15) is 0 Å². The van der Waals surface area contributed by atoms with Gasteiger partial charge in [-0.1, -0.05) is 57.9 Å². The summed E-state index contributed by atoms with van der Waals surface area (Å²) < 4.78 is 1.16. The van der Waals surface area contributed by atoms with E-state index in [1.54, 1.807) is 0 Å². The minimum absolute atomic E-state index is 0.306. The van der Waals surface area contributed by atoms with Gasteiger partial charge in [-0.2, -0.15) is 0 Å². The third-order valence-electron chi connectivity index (χ3n) is 3.77. The van der Waals surface area contributed by atoms with Crippen LogP contribution in [0.2, 0.25) is 0 Å². The van der Waals surface area contributed by atoms with Gasteiger partial charge >= 0.3 is 0 Å². The largest absolute Gasteiger partial charge is 0.304 e. The Kier molecular flexibility index (Phi) is 5.00. The Morgan fingerprint density at radius 2 is 1.55 bits per heavy atom. The number of halogens is 1. The van der Waals surface area contributed by atoms with E-state index in [1.165, 1.54) is 22.3 Å². The summed E-state index contributed by atoms with van der Waals surface area (Å²) in [6, 6.07) is 15.7. The first-order valence-corrected chi connectivity index (χ1v) is 7.86. The van der Waals surface area contributed by atoms with Crippen molar-refractivity contribution < 1.29 is 0 Å². The predicted octanol–water partition coefficient (Wildman–Crippen LogP) is 5.48. The molecule has 0 bridgehead atoms. The summed E-state index contributed by atoms with van der Waals surface area (Å²) in [6.07, 6.45) is 0. The molecule has 0 saturated carbocycles. The molecule has 0 amide bonds. The van der Waals surface area contributed by atoms with E-state index in [2.05, 4.69) is 91.4 Å². The lowest BCUT2D eigenvalue weighted by Gasteiger charge is -2.23. The van der Waals surface area contributed by atoms with Crippen LogP contribution < -0.4 is 5.32 Å². The molecule has 2 aromatic carbocycles. The van der Waals surface area contributed by atoms with E-state index in [0.717, 1.165) is 4.47 Å². The lowest BCUT2D eigenvalue weighted by Crippen LogP contribution is -2.23. The molecule has 2 unspecified atom stereocenters. The third-order valence-corrected chi connectivity index (χ3v) is 4.50. The summed E-state index contributed by atoms with van der Waals surface area (Å²) in [5.74, 6) is 0. The molecular formula is C18H22BrN. The van der Waals surface area contributed by atoms with Crippen molar-refractivity contribution in [2.45, 2.75) is 39.8 Å². The maximum Gasteiger partial charge on any atom is 0.0308 e. The SMILES string of the molecule is Cc1ccc(C)c(C(C)NC(C)c2ccccc2Br)c1. The Bertz CT molecular complexity index is 592. The molecule has 0 aliphatic carbocycles. The van der Waals surface area contributed by atoms with E-state index < -0.39 is 0 Å². The van der Waals surface area contributed by atoms with Gasteiger partial charge in [-0.3, -0.25) is 0 Å². The van der Waals surface area contributed by atoms with Crippen LogP contribution in [0.25, 0.3) is 0 Å². The molecule has 0 spiro atoms. The fourth-order valence-corrected chi connectivity index (χ4v) is 3.24. The van der Waals surface area contributed by atoms with Gasteiger partial charge in [-0.05, 0) is 50.5 Å². The Morgan fingerprint density at radius 3 is 2.25 bits per heavy atom. The quantitative estimate of drug-likeness (QED) is 0.782. The van der Waals surface area contributed by atoms with Gasteiger partial charge in [-0.25, -0.2) is 0 Å². The third kappa shape index (κ3) is 3.50. The first-order valence-electron chi connectivity index (χ1n) is 7.06. The highest BCUT2D eigenvalue weighted by Crippen LogP contribution is 2.26. The number of aryl methyl sites for hydroxylation is 2. The molecule has 0 fully saturated rings. The number of hydrogen-bond acceptors (Lipinski definition) is 1. The van der Waals surface area contributed by atoms with Crippen LogP contribution in [-0.4, -0.2) is 0 Å². The van der Waals surface area contributed by atoms with Crippen molar-refractivity contribution >= 4 is 15.9 Å². The Morgan fingerprint density at radius 1 is 0.900 bits per heavy atom. The van der Waals surface area contributed by atoms with E-state index in [9.17, 15) is 0 Å². The van der Waals surface area contributed by atoms with E-state index in [1.807, 2.05) is 0 Å². The van der Waals surface area contributed by atoms with Crippen molar-refractivity contribution in [2.24, 2.45) is 0 Å². The Balaban J connectivity index is 2.17. The summed E-state index contributed by atoms with van der Waals surface area (Å²) in [6.45, 7) is 8.76. The molecule has 20 heavy (non-hydrogen) atoms. The molecule has 2 rings (SSSR count). The highest BCUT2D eigenvalue weighted by Gasteiger charge is 2.14. The molecule has 0 aliphatic rings. The first-order chi connectivity index (χ1) is 9.49. The van der Waals surface area contributed by atoms with Gasteiger partial charge in [0.25, 0.3) is 0 Å². The van der Waals surface area contributed by atoms with Crippen molar-refractivity contribution in [2.75, 3.05) is 0 Å². The second-order valence-corrected chi connectivity index (χ2v) is 6.35. The molecule has 1 nitrogen and oxygen atoms in total. The van der Waals surface area contributed by atoms with Crippen LogP contribution in [0.15, 0.2) is 46.9 Å². The molecule has 0 aromatic heterocycles. The van der Waals surface area contributed by atoms with Gasteiger partial charge in [0, 0.05) is 16.6 Å². The first kappa shape index (κ1) is 15.3. The summed E-state index contributed by atoms with van der Waals surface area (Å²) in [5, 5.41) is 3.69. The zero-order valence-corrected chi connectivity index (χ0v) is 14.2. The minimum atomic E-state index is 0.306. The maximum absolute atomic E-state index is 3.69. The molecule has 106 valence electrons. The highest BCUT2D eigenvalue weighted by atomic mass is 79.9. The van der Waals surface area contributed by atoms with Crippen molar-refractivity contribution in [3.63, 3.8) is 0 Å². The number of benzene rings is 2. The van der Waals surface area contributed by atoms with Crippen LogP contribution in [0.4, 0.5) is 0 Å². The summed E-state index contributed by atoms with van der Waals surface area (Å²) >= 11 is 3.63. The maximum atomic E-state index is 3.69. The standard InChI is InChI=1S/C18H22BrN/c1-12-9-10-13(2)17(11-12)15(4)20-14(3)16-7-5-6-8-18(16)19/h5-11,14-15,20H,1-4H3. The Labute approximate surface area is 130 Å². The van der Waals surface area contributed by atoms with E-state index >= 15 is 0 Å². The zero-order chi connectivity index (χ0) is 14.7. The Hall–Kier alpha value is -1.12. The molecule has 0 radical (unpaired) electrons. The van der Waals surface area contributed by atoms with Crippen LogP contribution in [0.5, 0.6) is 0 Å². The fourth-order valence-electron chi connectivity index (χ4n) is 2.61. The second-order valence-electron chi connectivity index (χ2n) is 5.49. The van der Waals surface area contributed by atoms with Gasteiger partial charge in [0.15, 0.2) is 0 Å². The van der Waals surface area contributed by atoms with Crippen LogP contribution >= 0.6 is 15.9 Å². The molecule has 2 heteroatoms. The lowest BCUT2D eigenvalue weighted by molar-refractivity contribution is 0.492. The lowest BCUT2D eigenvalue weighted by atomic mass is 9.98. The molecule has 0 saturated heterocycles. The highest BCUT2D eigenvalue weighted by molar-refractivity contribution is 9.10. The molecular weight excluding hydrogens is 310 g/mol. The monoisotopic (exact) mass is 331 g/mol. The van der Waals surface area contributed by atoms with Gasteiger partial charge < -0.3 is 5.32 Å². The fraction of sp³-hybridized carbons (Fsp3) is 0.333. The normalized spacial score (nSPS) is 14.1. The van der Waals surface area contributed by atoms with Gasteiger partial charge in [-0.15, -0.1) is 0 Å². The van der Waals surface area contributed by atoms with E-state index in [4.69, 9.17) is 0 Å². The van der Waals surface area contributed by atoms with E-state index in [-0.39, 0.29) is 0 Å².